The number of methoxy groups -OCH3 is 1. The first-order valence-electron chi connectivity index (χ1n) is 9.49. The lowest BCUT2D eigenvalue weighted by Gasteiger charge is -2.30. The second-order valence-electron chi connectivity index (χ2n) is 7.23. The summed E-state index contributed by atoms with van der Waals surface area (Å²) in [5.41, 5.74) is 0.984. The van der Waals surface area contributed by atoms with E-state index < -0.39 is 21.8 Å². The minimum Gasteiger partial charge on any atom is -0.497 e. The molecule has 3 rings (SSSR count). The lowest BCUT2D eigenvalue weighted by Crippen LogP contribution is -2.42. The Kier molecular flexibility index (Phi) is 7.10. The molecule has 6 nitrogen and oxygen atoms in total. The maximum atomic E-state index is 13.7. The molecule has 1 heterocycles. The zero-order valence-electron chi connectivity index (χ0n) is 16.3. The van der Waals surface area contributed by atoms with Gasteiger partial charge in [0, 0.05) is 19.1 Å². The molecule has 2 aromatic carbocycles. The van der Waals surface area contributed by atoms with Crippen LogP contribution < -0.4 is 9.47 Å². The number of sulfone groups is 1. The van der Waals surface area contributed by atoms with Crippen molar-refractivity contribution in [3.8, 4) is 11.5 Å². The smallest absolute Gasteiger partial charge is 0.165 e. The first kappa shape index (κ1) is 21.5. The van der Waals surface area contributed by atoms with Crippen LogP contribution in [-0.4, -0.2) is 62.3 Å². The summed E-state index contributed by atoms with van der Waals surface area (Å²) in [6.07, 6.45) is -0.365. The Morgan fingerprint density at radius 1 is 1.21 bits per heavy atom. The Morgan fingerprint density at radius 3 is 2.55 bits per heavy atom. The largest absolute Gasteiger partial charge is 0.497 e. The number of nitrogens with zero attached hydrogens (tertiary/aromatic N) is 1. The summed E-state index contributed by atoms with van der Waals surface area (Å²) in [6, 6.07) is 13.4. The molecule has 29 heavy (non-hydrogen) atoms. The normalized spacial score (nSPS) is 19.2. The van der Waals surface area contributed by atoms with Crippen molar-refractivity contribution >= 4 is 9.84 Å². The first-order chi connectivity index (χ1) is 13.9. The average molecular weight is 424 g/mol. The van der Waals surface area contributed by atoms with Crippen molar-refractivity contribution in [3.05, 3.63) is 59.9 Å². The summed E-state index contributed by atoms with van der Waals surface area (Å²) in [5, 5.41) is 10.5. The van der Waals surface area contributed by atoms with Crippen LogP contribution in [-0.2, 0) is 16.4 Å². The van der Waals surface area contributed by atoms with E-state index in [-0.39, 0.29) is 36.4 Å². The Bertz CT molecular complexity index is 904. The van der Waals surface area contributed by atoms with Crippen molar-refractivity contribution in [2.45, 2.75) is 25.1 Å². The van der Waals surface area contributed by atoms with Gasteiger partial charge < -0.3 is 14.6 Å². The molecule has 2 unspecified atom stereocenters. The Morgan fingerprint density at radius 2 is 1.93 bits per heavy atom. The third-order valence-electron chi connectivity index (χ3n) is 4.98. The number of para-hydroxylation sites is 1. The fraction of sp³-hybridized carbons (Fsp3) is 0.429. The van der Waals surface area contributed by atoms with Crippen LogP contribution in [0.15, 0.2) is 48.5 Å². The fourth-order valence-electron chi connectivity index (χ4n) is 3.44. The Labute approximate surface area is 170 Å². The van der Waals surface area contributed by atoms with Crippen LogP contribution >= 0.6 is 0 Å². The van der Waals surface area contributed by atoms with E-state index in [1.54, 1.807) is 19.2 Å². The van der Waals surface area contributed by atoms with Crippen LogP contribution in [0.1, 0.15) is 12.0 Å². The minimum atomic E-state index is -3.06. The average Bonchev–Trinajstić information content (AvgIpc) is 3.07. The molecule has 8 heteroatoms. The number of ether oxygens (including phenoxy) is 2. The lowest BCUT2D eigenvalue weighted by atomic mass is 10.1. The quantitative estimate of drug-likeness (QED) is 0.667. The number of rotatable bonds is 9. The zero-order valence-corrected chi connectivity index (χ0v) is 17.1. The maximum absolute atomic E-state index is 13.7. The van der Waals surface area contributed by atoms with Crippen LogP contribution in [0.2, 0.25) is 0 Å². The molecule has 1 N–H and O–H groups in total. The summed E-state index contributed by atoms with van der Waals surface area (Å²) >= 11 is 0. The van der Waals surface area contributed by atoms with Crippen molar-refractivity contribution in [1.82, 2.24) is 4.90 Å². The summed E-state index contributed by atoms with van der Waals surface area (Å²) < 4.78 is 48.1. The van der Waals surface area contributed by atoms with E-state index >= 15 is 0 Å². The molecule has 0 amide bonds. The van der Waals surface area contributed by atoms with Gasteiger partial charge in [0.15, 0.2) is 21.4 Å². The molecule has 1 saturated heterocycles. The van der Waals surface area contributed by atoms with Crippen LogP contribution in [0.25, 0.3) is 0 Å². The summed E-state index contributed by atoms with van der Waals surface area (Å²) in [4.78, 5) is 1.96. The van der Waals surface area contributed by atoms with Gasteiger partial charge in [0.1, 0.15) is 18.5 Å². The molecule has 0 spiro atoms. The molecular formula is C21H26FNO5S. The fourth-order valence-corrected chi connectivity index (χ4v) is 5.20. The molecule has 0 bridgehead atoms. The molecule has 0 radical (unpaired) electrons. The van der Waals surface area contributed by atoms with E-state index in [9.17, 15) is 17.9 Å². The lowest BCUT2D eigenvalue weighted by molar-refractivity contribution is 0.0513. The van der Waals surface area contributed by atoms with Gasteiger partial charge in [-0.1, -0.05) is 24.3 Å². The van der Waals surface area contributed by atoms with Crippen molar-refractivity contribution in [2.24, 2.45) is 0 Å². The number of hydrogen-bond acceptors (Lipinski definition) is 6. The molecule has 1 aliphatic heterocycles. The molecule has 1 fully saturated rings. The van der Waals surface area contributed by atoms with Crippen LogP contribution in [0.3, 0.4) is 0 Å². The molecule has 0 saturated carbocycles. The monoisotopic (exact) mass is 423 g/mol. The highest BCUT2D eigenvalue weighted by Gasteiger charge is 2.33. The topological polar surface area (TPSA) is 76.1 Å². The van der Waals surface area contributed by atoms with Gasteiger partial charge in [0.05, 0.1) is 18.6 Å². The molecule has 2 aromatic rings. The third-order valence-corrected chi connectivity index (χ3v) is 6.73. The van der Waals surface area contributed by atoms with Gasteiger partial charge >= 0.3 is 0 Å². The Hall–Kier alpha value is -2.16. The number of benzene rings is 2. The van der Waals surface area contributed by atoms with Crippen molar-refractivity contribution < 1.29 is 27.4 Å². The predicted octanol–water partition coefficient (Wildman–Crippen LogP) is 2.26. The maximum Gasteiger partial charge on any atom is 0.165 e. The molecule has 2 atom stereocenters. The van der Waals surface area contributed by atoms with Crippen LogP contribution in [0.4, 0.5) is 4.39 Å². The van der Waals surface area contributed by atoms with E-state index in [2.05, 4.69) is 0 Å². The summed E-state index contributed by atoms with van der Waals surface area (Å²) in [5.74, 6) is 0.554. The van der Waals surface area contributed by atoms with Crippen LogP contribution in [0, 0.1) is 5.82 Å². The summed E-state index contributed by atoms with van der Waals surface area (Å²) in [7, 11) is -1.47. The number of aliphatic hydroxyl groups is 1. The molecule has 1 aliphatic rings. The van der Waals surface area contributed by atoms with E-state index in [4.69, 9.17) is 9.47 Å². The van der Waals surface area contributed by atoms with Gasteiger partial charge in [0.25, 0.3) is 0 Å². The van der Waals surface area contributed by atoms with Crippen molar-refractivity contribution in [1.29, 1.82) is 0 Å². The van der Waals surface area contributed by atoms with Gasteiger partial charge in [-0.05, 0) is 36.2 Å². The number of halogens is 1. The second-order valence-corrected chi connectivity index (χ2v) is 9.46. The highest BCUT2D eigenvalue weighted by Crippen LogP contribution is 2.22. The van der Waals surface area contributed by atoms with Gasteiger partial charge in [0.2, 0.25) is 0 Å². The first-order valence-corrected chi connectivity index (χ1v) is 11.3. The molecule has 0 aromatic heterocycles. The second kappa shape index (κ2) is 9.56. The molecule has 158 valence electrons. The van der Waals surface area contributed by atoms with Gasteiger partial charge in [-0.3, -0.25) is 4.90 Å². The zero-order chi connectivity index (χ0) is 20.9. The van der Waals surface area contributed by atoms with Crippen LogP contribution in [0.5, 0.6) is 11.5 Å². The Balaban J connectivity index is 1.66. The van der Waals surface area contributed by atoms with Crippen molar-refractivity contribution in [2.75, 3.05) is 31.8 Å². The predicted molar refractivity (Wildman–Crippen MR) is 108 cm³/mol. The number of hydrogen-bond donors (Lipinski definition) is 1. The van der Waals surface area contributed by atoms with Gasteiger partial charge in [-0.25, -0.2) is 12.8 Å². The van der Waals surface area contributed by atoms with Gasteiger partial charge in [-0.2, -0.15) is 0 Å². The van der Waals surface area contributed by atoms with Gasteiger partial charge in [-0.15, -0.1) is 0 Å². The molecule has 0 aliphatic carbocycles. The highest BCUT2D eigenvalue weighted by atomic mass is 32.2. The van der Waals surface area contributed by atoms with E-state index in [0.717, 1.165) is 11.3 Å². The van der Waals surface area contributed by atoms with Crippen molar-refractivity contribution in [3.63, 3.8) is 0 Å². The standard InChI is InChI=1S/C21H26FNO5S/c1-27-19-8-6-16(7-9-19)12-23(17-10-11-29(25,26)15-17)13-18(24)14-28-21-5-3-2-4-20(21)22/h2-9,17-18,24H,10-15H2,1H3. The van der Waals surface area contributed by atoms with E-state index in [1.807, 2.05) is 29.2 Å². The van der Waals surface area contributed by atoms with E-state index in [1.165, 1.54) is 12.1 Å². The third kappa shape index (κ3) is 6.16. The SMILES string of the molecule is COc1ccc(CN(CC(O)COc2ccccc2F)C2CCS(=O)(=O)C2)cc1. The highest BCUT2D eigenvalue weighted by molar-refractivity contribution is 7.91. The minimum absolute atomic E-state index is 0.0735. The van der Waals surface area contributed by atoms with E-state index in [0.29, 0.717) is 13.0 Å². The number of aliphatic hydroxyl groups excluding tert-OH is 1. The molecular weight excluding hydrogens is 397 g/mol. The summed E-state index contributed by atoms with van der Waals surface area (Å²) in [6.45, 7) is 0.626.